The van der Waals surface area contributed by atoms with Crippen LogP contribution in [0.3, 0.4) is 0 Å². The van der Waals surface area contributed by atoms with Crippen molar-refractivity contribution in [3.05, 3.63) is 12.3 Å². The first-order valence-electron chi connectivity index (χ1n) is 10.6. The highest BCUT2D eigenvalue weighted by atomic mass is 16.5. The summed E-state index contributed by atoms with van der Waals surface area (Å²) < 4.78 is 6.18. The number of fused-ring (bicyclic) bond motifs is 4. The SMILES string of the molecule is CC(C)N1CCN2c3ncc(N4CC5CCCC5C4)cc3OCC[C@H]2C1. The molecule has 0 bridgehead atoms. The second-order valence-corrected chi connectivity index (χ2v) is 8.94. The molecule has 1 aromatic rings. The van der Waals surface area contributed by atoms with Crippen molar-refractivity contribution in [1.82, 2.24) is 9.88 Å². The van der Waals surface area contributed by atoms with E-state index in [4.69, 9.17) is 9.72 Å². The van der Waals surface area contributed by atoms with Crippen LogP contribution in [0, 0.1) is 11.8 Å². The number of pyridine rings is 1. The molecular formula is C21H32N4O. The molecule has 1 aromatic heterocycles. The lowest BCUT2D eigenvalue weighted by Gasteiger charge is -2.42. The lowest BCUT2D eigenvalue weighted by molar-refractivity contribution is 0.172. The van der Waals surface area contributed by atoms with Gasteiger partial charge in [0.25, 0.3) is 0 Å². The first-order valence-corrected chi connectivity index (χ1v) is 10.6. The van der Waals surface area contributed by atoms with Crippen LogP contribution >= 0.6 is 0 Å². The van der Waals surface area contributed by atoms with Crippen LogP contribution in [0.4, 0.5) is 11.5 Å². The summed E-state index contributed by atoms with van der Waals surface area (Å²) in [5.41, 5.74) is 1.26. The average Bonchev–Trinajstić information content (AvgIpc) is 3.18. The Kier molecular flexibility index (Phi) is 4.23. The number of ether oxygens (including phenoxy) is 1. The molecule has 1 aliphatic carbocycles. The van der Waals surface area contributed by atoms with Gasteiger partial charge < -0.3 is 14.5 Å². The summed E-state index contributed by atoms with van der Waals surface area (Å²) in [6, 6.07) is 3.41. The highest BCUT2D eigenvalue weighted by Gasteiger charge is 2.37. The van der Waals surface area contributed by atoms with E-state index >= 15 is 0 Å². The molecule has 5 rings (SSSR count). The van der Waals surface area contributed by atoms with E-state index in [-0.39, 0.29) is 0 Å². The summed E-state index contributed by atoms with van der Waals surface area (Å²) in [5.74, 6) is 3.88. The molecule has 3 atom stereocenters. The fourth-order valence-corrected chi connectivity index (χ4v) is 5.55. The zero-order chi connectivity index (χ0) is 17.7. The first kappa shape index (κ1) is 16.7. The largest absolute Gasteiger partial charge is 0.490 e. The summed E-state index contributed by atoms with van der Waals surface area (Å²) in [6.07, 6.45) is 7.44. The van der Waals surface area contributed by atoms with E-state index in [0.29, 0.717) is 12.1 Å². The molecule has 3 fully saturated rings. The number of anilines is 2. The normalized spacial score (nSPS) is 31.4. The Bertz CT molecular complexity index is 651. The fourth-order valence-electron chi connectivity index (χ4n) is 5.55. The number of rotatable bonds is 2. The van der Waals surface area contributed by atoms with E-state index in [9.17, 15) is 0 Å². The van der Waals surface area contributed by atoms with Gasteiger partial charge >= 0.3 is 0 Å². The molecule has 26 heavy (non-hydrogen) atoms. The molecule has 0 amide bonds. The van der Waals surface area contributed by atoms with Crippen LogP contribution in [0.5, 0.6) is 5.75 Å². The van der Waals surface area contributed by atoms with E-state index in [2.05, 4.69) is 40.8 Å². The molecule has 0 N–H and O–H groups in total. The fraction of sp³-hybridized carbons (Fsp3) is 0.762. The van der Waals surface area contributed by atoms with Crippen LogP contribution in [0.2, 0.25) is 0 Å². The average molecular weight is 357 g/mol. The molecular weight excluding hydrogens is 324 g/mol. The van der Waals surface area contributed by atoms with Gasteiger partial charge in [-0.2, -0.15) is 0 Å². The number of piperazine rings is 1. The van der Waals surface area contributed by atoms with E-state index in [1.54, 1.807) is 0 Å². The van der Waals surface area contributed by atoms with Crippen LogP contribution in [-0.2, 0) is 0 Å². The van der Waals surface area contributed by atoms with Crippen LogP contribution < -0.4 is 14.5 Å². The van der Waals surface area contributed by atoms with Gasteiger partial charge in [-0.05, 0) is 38.5 Å². The van der Waals surface area contributed by atoms with Crippen molar-refractivity contribution in [2.75, 3.05) is 49.1 Å². The Hall–Kier alpha value is -1.49. The van der Waals surface area contributed by atoms with E-state index in [1.165, 1.54) is 38.0 Å². The Morgan fingerprint density at radius 3 is 2.65 bits per heavy atom. The van der Waals surface area contributed by atoms with Crippen LogP contribution in [-0.4, -0.2) is 61.3 Å². The van der Waals surface area contributed by atoms with Gasteiger partial charge in [-0.3, -0.25) is 4.90 Å². The van der Waals surface area contributed by atoms with Crippen molar-refractivity contribution >= 4 is 11.5 Å². The third-order valence-electron chi connectivity index (χ3n) is 7.14. The molecule has 0 aromatic carbocycles. The summed E-state index contributed by atoms with van der Waals surface area (Å²) in [6.45, 7) is 11.1. The second-order valence-electron chi connectivity index (χ2n) is 8.94. The minimum atomic E-state index is 0.525. The highest BCUT2D eigenvalue weighted by molar-refractivity contribution is 5.62. The summed E-state index contributed by atoms with van der Waals surface area (Å²) in [7, 11) is 0. The van der Waals surface area contributed by atoms with Crippen molar-refractivity contribution in [3.8, 4) is 5.75 Å². The molecule has 0 spiro atoms. The lowest BCUT2D eigenvalue weighted by atomic mass is 10.0. The molecule has 1 saturated carbocycles. The predicted molar refractivity (Wildman–Crippen MR) is 105 cm³/mol. The topological polar surface area (TPSA) is 31.8 Å². The highest BCUT2D eigenvalue weighted by Crippen LogP contribution is 2.41. The van der Waals surface area contributed by atoms with Crippen LogP contribution in [0.1, 0.15) is 39.5 Å². The minimum absolute atomic E-state index is 0.525. The van der Waals surface area contributed by atoms with Gasteiger partial charge in [-0.1, -0.05) is 6.42 Å². The minimum Gasteiger partial charge on any atom is -0.490 e. The molecule has 3 aliphatic heterocycles. The third kappa shape index (κ3) is 2.84. The number of hydrogen-bond donors (Lipinski definition) is 0. The maximum Gasteiger partial charge on any atom is 0.171 e. The van der Waals surface area contributed by atoms with E-state index in [1.807, 2.05) is 0 Å². The summed E-state index contributed by atoms with van der Waals surface area (Å²) >= 11 is 0. The Balaban J connectivity index is 1.37. The smallest absolute Gasteiger partial charge is 0.171 e. The van der Waals surface area contributed by atoms with E-state index in [0.717, 1.165) is 56.1 Å². The molecule has 5 nitrogen and oxygen atoms in total. The van der Waals surface area contributed by atoms with E-state index < -0.39 is 0 Å². The van der Waals surface area contributed by atoms with Gasteiger partial charge in [-0.25, -0.2) is 4.98 Å². The van der Waals surface area contributed by atoms with Crippen molar-refractivity contribution in [3.63, 3.8) is 0 Å². The zero-order valence-corrected chi connectivity index (χ0v) is 16.2. The van der Waals surface area contributed by atoms with Gasteiger partial charge in [0, 0.05) is 57.3 Å². The van der Waals surface area contributed by atoms with Gasteiger partial charge in [0.15, 0.2) is 11.6 Å². The van der Waals surface area contributed by atoms with Gasteiger partial charge in [0.05, 0.1) is 18.5 Å². The van der Waals surface area contributed by atoms with Crippen molar-refractivity contribution in [1.29, 1.82) is 0 Å². The molecule has 2 saturated heterocycles. The predicted octanol–water partition coefficient (Wildman–Crippen LogP) is 3.00. The monoisotopic (exact) mass is 356 g/mol. The van der Waals surface area contributed by atoms with Crippen LogP contribution in [0.25, 0.3) is 0 Å². The molecule has 0 radical (unpaired) electrons. The standard InChI is InChI=1S/C21H32N4O/c1-15(2)23-7-8-25-18(14-23)6-9-26-20-10-19(11-22-21(20)25)24-12-16-4-3-5-17(16)13-24/h10-11,15-18H,3-9,12-14H2,1-2H3/t16?,17?,18-/m0/s1. The zero-order valence-electron chi connectivity index (χ0n) is 16.2. The van der Waals surface area contributed by atoms with Crippen molar-refractivity contribution in [2.45, 2.75) is 51.6 Å². The second kappa shape index (κ2) is 6.59. The van der Waals surface area contributed by atoms with Crippen LogP contribution in [0.15, 0.2) is 12.3 Å². The van der Waals surface area contributed by atoms with Crippen molar-refractivity contribution < 1.29 is 4.74 Å². The van der Waals surface area contributed by atoms with Crippen molar-refractivity contribution in [2.24, 2.45) is 11.8 Å². The number of aromatic nitrogens is 1. The number of nitrogens with zero attached hydrogens (tertiary/aromatic N) is 4. The maximum absolute atomic E-state index is 6.18. The molecule has 4 aliphatic rings. The molecule has 4 heterocycles. The van der Waals surface area contributed by atoms with Gasteiger partial charge in [-0.15, -0.1) is 0 Å². The lowest BCUT2D eigenvalue weighted by Crippen LogP contribution is -2.55. The molecule has 142 valence electrons. The summed E-state index contributed by atoms with van der Waals surface area (Å²) in [4.78, 5) is 12.5. The number of hydrogen-bond acceptors (Lipinski definition) is 5. The Labute approximate surface area is 157 Å². The molecule has 5 heteroatoms. The third-order valence-corrected chi connectivity index (χ3v) is 7.14. The summed E-state index contributed by atoms with van der Waals surface area (Å²) in [5, 5.41) is 0. The van der Waals surface area contributed by atoms with Gasteiger partial charge in [0.1, 0.15) is 0 Å². The Morgan fingerprint density at radius 1 is 1.08 bits per heavy atom. The Morgan fingerprint density at radius 2 is 1.88 bits per heavy atom. The molecule has 2 unspecified atom stereocenters. The maximum atomic E-state index is 6.18. The quantitative estimate of drug-likeness (QED) is 0.813. The van der Waals surface area contributed by atoms with Gasteiger partial charge in [0.2, 0.25) is 0 Å². The first-order chi connectivity index (χ1) is 12.7.